The van der Waals surface area contributed by atoms with E-state index in [4.69, 9.17) is 9.84 Å². The molecule has 0 aromatic heterocycles. The van der Waals surface area contributed by atoms with Crippen LogP contribution in [0.1, 0.15) is 55.2 Å². The van der Waals surface area contributed by atoms with Crippen LogP contribution in [0.25, 0.3) is 0 Å². The molecule has 1 aromatic rings. The van der Waals surface area contributed by atoms with E-state index in [0.29, 0.717) is 38.0 Å². The summed E-state index contributed by atoms with van der Waals surface area (Å²) in [6.45, 7) is 0.546. The van der Waals surface area contributed by atoms with Gasteiger partial charge in [-0.2, -0.15) is 26.3 Å². The molecule has 1 aliphatic carbocycles. The van der Waals surface area contributed by atoms with E-state index in [1.807, 2.05) is 0 Å². The summed E-state index contributed by atoms with van der Waals surface area (Å²) in [5, 5.41) is 8.58. The Bertz CT molecular complexity index is 698. The fraction of sp³-hybridized carbons (Fsp3) is 0.667. The lowest BCUT2D eigenvalue weighted by Gasteiger charge is -2.22. The van der Waals surface area contributed by atoms with Gasteiger partial charge in [-0.25, -0.2) is 4.39 Å². The molecular weight excluding hydrogens is 433 g/mol. The first kappa shape index (κ1) is 25.4. The molecule has 0 radical (unpaired) electrons. The number of aryl methyl sites for hydroxylation is 1. The van der Waals surface area contributed by atoms with Crippen LogP contribution in [-0.2, 0) is 28.3 Å². The molecule has 1 aliphatic rings. The third-order valence-electron chi connectivity index (χ3n) is 5.56. The van der Waals surface area contributed by atoms with Gasteiger partial charge in [0, 0.05) is 19.6 Å². The van der Waals surface area contributed by atoms with Gasteiger partial charge in [-0.15, -0.1) is 0 Å². The fourth-order valence-electron chi connectivity index (χ4n) is 3.93. The maximum atomic E-state index is 14.3. The number of aliphatic carboxylic acids is 1. The van der Waals surface area contributed by atoms with Crippen molar-refractivity contribution < 1.29 is 45.4 Å². The number of carbonyl (C=O) groups is 1. The standard InChI is InChI=1S/C21H25F7O3/c22-18-7-5-14(12-31-8-2-1-3-19(29)30)17(18)6-4-13-9-15(20(23,24)25)11-16(10-13)21(26,27)28/h9-11,14,17-18H,1-8,12H2,(H,29,30)/t14-,17-,18?/m1/s1. The van der Waals surface area contributed by atoms with E-state index in [9.17, 15) is 35.5 Å². The van der Waals surface area contributed by atoms with Crippen molar-refractivity contribution in [3.05, 3.63) is 34.9 Å². The molecule has 176 valence electrons. The summed E-state index contributed by atoms with van der Waals surface area (Å²) < 4.78 is 97.8. The molecule has 0 spiro atoms. The second-order valence-electron chi connectivity index (χ2n) is 7.90. The number of carboxylic acid groups (broad SMARTS) is 1. The van der Waals surface area contributed by atoms with Crippen molar-refractivity contribution in [3.63, 3.8) is 0 Å². The predicted octanol–water partition coefficient (Wildman–Crippen LogP) is 6.29. The maximum Gasteiger partial charge on any atom is 0.416 e. The Hall–Kier alpha value is -1.84. The van der Waals surface area contributed by atoms with Crippen LogP contribution >= 0.6 is 0 Å². The van der Waals surface area contributed by atoms with Gasteiger partial charge in [-0.1, -0.05) is 0 Å². The summed E-state index contributed by atoms with van der Waals surface area (Å²) in [4.78, 5) is 10.5. The van der Waals surface area contributed by atoms with Crippen LogP contribution in [0, 0.1) is 11.8 Å². The van der Waals surface area contributed by atoms with Crippen molar-refractivity contribution in [1.82, 2.24) is 0 Å². The largest absolute Gasteiger partial charge is 0.481 e. The average Bonchev–Trinajstić information content (AvgIpc) is 3.00. The van der Waals surface area contributed by atoms with Crippen molar-refractivity contribution in [2.45, 2.75) is 63.5 Å². The van der Waals surface area contributed by atoms with Crippen LogP contribution < -0.4 is 0 Å². The average molecular weight is 458 g/mol. The highest BCUT2D eigenvalue weighted by atomic mass is 19.4. The number of hydrogen-bond acceptors (Lipinski definition) is 2. The molecule has 1 N–H and O–H groups in total. The molecule has 3 atom stereocenters. The molecular formula is C21H25F7O3. The number of carboxylic acids is 1. The minimum Gasteiger partial charge on any atom is -0.481 e. The van der Waals surface area contributed by atoms with Crippen LogP contribution in [0.2, 0.25) is 0 Å². The zero-order chi connectivity index (χ0) is 23.2. The van der Waals surface area contributed by atoms with Gasteiger partial charge in [0.2, 0.25) is 0 Å². The van der Waals surface area contributed by atoms with E-state index in [-0.39, 0.29) is 49.8 Å². The Morgan fingerprint density at radius 1 is 1.00 bits per heavy atom. The predicted molar refractivity (Wildman–Crippen MR) is 98.2 cm³/mol. The minimum absolute atomic E-state index is 0.0267. The summed E-state index contributed by atoms with van der Waals surface area (Å²) >= 11 is 0. The number of rotatable bonds is 10. The van der Waals surface area contributed by atoms with Gasteiger partial charge in [0.1, 0.15) is 6.17 Å². The lowest BCUT2D eigenvalue weighted by molar-refractivity contribution is -0.143. The van der Waals surface area contributed by atoms with Gasteiger partial charge in [0.05, 0.1) is 11.1 Å². The molecule has 1 fully saturated rings. The maximum absolute atomic E-state index is 14.3. The Balaban J connectivity index is 1.97. The normalized spacial score (nSPS) is 22.1. The molecule has 2 rings (SSSR count). The number of benzene rings is 1. The Labute approximate surface area is 175 Å². The van der Waals surface area contributed by atoms with Gasteiger partial charge in [0.25, 0.3) is 0 Å². The van der Waals surface area contributed by atoms with Crippen LogP contribution in [0.3, 0.4) is 0 Å². The fourth-order valence-corrected chi connectivity index (χ4v) is 3.93. The molecule has 1 aromatic carbocycles. The molecule has 1 saturated carbocycles. The van der Waals surface area contributed by atoms with Crippen LogP contribution in [0.15, 0.2) is 18.2 Å². The van der Waals surface area contributed by atoms with Crippen molar-refractivity contribution in [3.8, 4) is 0 Å². The second kappa shape index (κ2) is 10.7. The van der Waals surface area contributed by atoms with Gasteiger partial charge in [0.15, 0.2) is 0 Å². The van der Waals surface area contributed by atoms with Crippen molar-refractivity contribution >= 4 is 5.97 Å². The van der Waals surface area contributed by atoms with Gasteiger partial charge in [-0.05, 0) is 74.1 Å². The van der Waals surface area contributed by atoms with E-state index in [2.05, 4.69) is 0 Å². The van der Waals surface area contributed by atoms with Gasteiger partial charge >= 0.3 is 18.3 Å². The third-order valence-corrected chi connectivity index (χ3v) is 5.56. The van der Waals surface area contributed by atoms with E-state index < -0.39 is 41.5 Å². The molecule has 0 saturated heterocycles. The summed E-state index contributed by atoms with van der Waals surface area (Å²) in [7, 11) is 0. The molecule has 0 amide bonds. The summed E-state index contributed by atoms with van der Waals surface area (Å²) in [6.07, 6.45) is -9.19. The molecule has 10 heteroatoms. The van der Waals surface area contributed by atoms with Crippen LogP contribution in [-0.4, -0.2) is 30.5 Å². The van der Waals surface area contributed by atoms with Crippen LogP contribution in [0.5, 0.6) is 0 Å². The summed E-state index contributed by atoms with van der Waals surface area (Å²) in [5.74, 6) is -1.59. The zero-order valence-electron chi connectivity index (χ0n) is 16.7. The van der Waals surface area contributed by atoms with Crippen molar-refractivity contribution in [1.29, 1.82) is 0 Å². The van der Waals surface area contributed by atoms with E-state index in [1.54, 1.807) is 0 Å². The molecule has 3 nitrogen and oxygen atoms in total. The lowest BCUT2D eigenvalue weighted by atomic mass is 9.89. The number of halogens is 7. The first-order valence-electron chi connectivity index (χ1n) is 10.1. The molecule has 0 heterocycles. The monoisotopic (exact) mass is 458 g/mol. The van der Waals surface area contributed by atoms with Crippen molar-refractivity contribution in [2.24, 2.45) is 11.8 Å². The minimum atomic E-state index is -4.91. The van der Waals surface area contributed by atoms with Gasteiger partial charge < -0.3 is 9.84 Å². The lowest BCUT2D eigenvalue weighted by Crippen LogP contribution is -2.21. The topological polar surface area (TPSA) is 46.5 Å². The van der Waals surface area contributed by atoms with Crippen molar-refractivity contribution in [2.75, 3.05) is 13.2 Å². The Morgan fingerprint density at radius 2 is 1.61 bits per heavy atom. The van der Waals surface area contributed by atoms with E-state index >= 15 is 0 Å². The van der Waals surface area contributed by atoms with E-state index in [0.717, 1.165) is 0 Å². The highest BCUT2D eigenvalue weighted by Crippen LogP contribution is 2.39. The molecule has 0 bridgehead atoms. The molecule has 31 heavy (non-hydrogen) atoms. The highest BCUT2D eigenvalue weighted by molar-refractivity contribution is 5.66. The summed E-state index contributed by atoms with van der Waals surface area (Å²) in [6, 6.07) is 1.45. The smallest absolute Gasteiger partial charge is 0.416 e. The third kappa shape index (κ3) is 7.97. The molecule has 1 unspecified atom stereocenters. The molecule has 0 aliphatic heterocycles. The number of hydrogen-bond donors (Lipinski definition) is 1. The van der Waals surface area contributed by atoms with E-state index in [1.165, 1.54) is 0 Å². The van der Waals surface area contributed by atoms with Gasteiger partial charge in [-0.3, -0.25) is 4.79 Å². The Kier molecular flexibility index (Phi) is 8.73. The Morgan fingerprint density at radius 3 is 2.16 bits per heavy atom. The number of alkyl halides is 7. The quantitative estimate of drug-likeness (QED) is 0.331. The first-order valence-corrected chi connectivity index (χ1v) is 10.1. The second-order valence-corrected chi connectivity index (χ2v) is 7.90. The number of unbranched alkanes of at least 4 members (excludes halogenated alkanes) is 1. The first-order chi connectivity index (χ1) is 14.4. The summed E-state index contributed by atoms with van der Waals surface area (Å²) in [5.41, 5.74) is -2.88. The number of ether oxygens (including phenoxy) is 1. The van der Waals surface area contributed by atoms with Crippen LogP contribution in [0.4, 0.5) is 30.7 Å². The zero-order valence-corrected chi connectivity index (χ0v) is 16.7. The highest BCUT2D eigenvalue weighted by Gasteiger charge is 2.38. The SMILES string of the molecule is O=C(O)CCCCOC[C@H]1CCC(F)[C@@H]1CCc1cc(C(F)(F)F)cc(C(F)(F)F)c1.